The fourth-order valence-electron chi connectivity index (χ4n) is 2.03. The van der Waals surface area contributed by atoms with Crippen LogP contribution in [0, 0.1) is 5.92 Å². The van der Waals surface area contributed by atoms with E-state index in [4.69, 9.17) is 13.9 Å². The van der Waals surface area contributed by atoms with Crippen LogP contribution in [-0.4, -0.2) is 18.5 Å². The first-order valence-electron chi connectivity index (χ1n) is 7.41. The van der Waals surface area contributed by atoms with Crippen molar-refractivity contribution < 1.29 is 18.7 Å². The number of aliphatic imine (C=N–C) groups is 1. The second-order valence-corrected chi connectivity index (χ2v) is 5.59. The number of ether oxygens (including phenoxy) is 2. The van der Waals surface area contributed by atoms with Crippen molar-refractivity contribution in [2.24, 2.45) is 10.9 Å². The second-order valence-electron chi connectivity index (χ2n) is 5.59. The summed E-state index contributed by atoms with van der Waals surface area (Å²) in [7, 11) is 0. The molecule has 0 unspecified atom stereocenters. The largest absolute Gasteiger partial charge is 0.493 e. The molecule has 5 heteroatoms. The fourth-order valence-corrected chi connectivity index (χ4v) is 2.03. The number of furan rings is 1. The predicted octanol–water partition coefficient (Wildman–Crippen LogP) is 3.66. The van der Waals surface area contributed by atoms with Crippen LogP contribution >= 0.6 is 0 Å². The molecular weight excluding hydrogens is 294 g/mol. The van der Waals surface area contributed by atoms with Crippen LogP contribution < -0.4 is 4.74 Å². The Balaban J connectivity index is 1.81. The van der Waals surface area contributed by atoms with Crippen LogP contribution in [0.15, 0.2) is 57.8 Å². The standard InChI is InChI=1S/C18H17NO4/c1-12(2)11-22-14-6-3-5-13(9-14)10-15-18(20)23-17(19-15)16-7-4-8-21-16/h3-10,12H,11H2,1-2H3/b15-10-. The molecular formula is C18H17NO4. The first kappa shape index (κ1) is 15.1. The van der Waals surface area contributed by atoms with E-state index < -0.39 is 5.97 Å². The number of benzene rings is 1. The first-order valence-corrected chi connectivity index (χ1v) is 7.41. The van der Waals surface area contributed by atoms with Gasteiger partial charge in [0.1, 0.15) is 5.75 Å². The van der Waals surface area contributed by atoms with Crippen LogP contribution in [0.25, 0.3) is 6.08 Å². The molecule has 0 saturated heterocycles. The third kappa shape index (κ3) is 3.69. The summed E-state index contributed by atoms with van der Waals surface area (Å²) in [6.45, 7) is 4.82. The molecule has 0 amide bonds. The summed E-state index contributed by atoms with van der Waals surface area (Å²) >= 11 is 0. The Bertz CT molecular complexity index is 757. The molecule has 0 N–H and O–H groups in total. The highest BCUT2D eigenvalue weighted by atomic mass is 16.6. The molecule has 5 nitrogen and oxygen atoms in total. The maximum atomic E-state index is 11.9. The number of hydrogen-bond donors (Lipinski definition) is 0. The van der Waals surface area contributed by atoms with Crippen LogP contribution in [0.3, 0.4) is 0 Å². The van der Waals surface area contributed by atoms with E-state index in [1.54, 1.807) is 18.2 Å². The minimum absolute atomic E-state index is 0.179. The molecule has 23 heavy (non-hydrogen) atoms. The molecule has 1 aliphatic heterocycles. The highest BCUT2D eigenvalue weighted by molar-refractivity contribution is 6.11. The molecule has 1 aliphatic rings. The lowest BCUT2D eigenvalue weighted by Gasteiger charge is -2.08. The van der Waals surface area contributed by atoms with Crippen LogP contribution in [0.1, 0.15) is 25.2 Å². The van der Waals surface area contributed by atoms with Gasteiger partial charge in [0.15, 0.2) is 11.5 Å². The molecule has 2 aromatic rings. The van der Waals surface area contributed by atoms with E-state index >= 15 is 0 Å². The van der Waals surface area contributed by atoms with Gasteiger partial charge in [0, 0.05) is 0 Å². The van der Waals surface area contributed by atoms with E-state index in [-0.39, 0.29) is 11.6 Å². The van der Waals surface area contributed by atoms with Gasteiger partial charge < -0.3 is 13.9 Å². The summed E-state index contributed by atoms with van der Waals surface area (Å²) in [4.78, 5) is 16.1. The van der Waals surface area contributed by atoms with Gasteiger partial charge in [-0.2, -0.15) is 0 Å². The summed E-state index contributed by atoms with van der Waals surface area (Å²) in [5, 5.41) is 0. The van der Waals surface area contributed by atoms with Gasteiger partial charge in [-0.3, -0.25) is 0 Å². The summed E-state index contributed by atoms with van der Waals surface area (Å²) in [5.74, 6) is 1.32. The molecule has 2 heterocycles. The van der Waals surface area contributed by atoms with Gasteiger partial charge >= 0.3 is 5.97 Å². The fraction of sp³-hybridized carbons (Fsp3) is 0.222. The summed E-state index contributed by atoms with van der Waals surface area (Å²) < 4.78 is 16.0. The second kappa shape index (κ2) is 6.52. The number of carbonyl (C=O) groups is 1. The molecule has 0 spiro atoms. The molecule has 3 rings (SSSR count). The van der Waals surface area contributed by atoms with E-state index in [1.807, 2.05) is 24.3 Å². The molecule has 0 saturated carbocycles. The van der Waals surface area contributed by atoms with Crippen LogP contribution in [0.2, 0.25) is 0 Å². The topological polar surface area (TPSA) is 61.0 Å². The van der Waals surface area contributed by atoms with Crippen molar-refractivity contribution in [3.05, 3.63) is 59.7 Å². The molecule has 1 aromatic heterocycles. The average Bonchev–Trinajstić information content (AvgIpc) is 3.16. The van der Waals surface area contributed by atoms with Crippen LogP contribution in [0.4, 0.5) is 0 Å². The zero-order valence-electron chi connectivity index (χ0n) is 13.0. The number of hydrogen-bond acceptors (Lipinski definition) is 5. The van der Waals surface area contributed by atoms with E-state index in [0.29, 0.717) is 18.3 Å². The Kier molecular flexibility index (Phi) is 4.28. The molecule has 0 aliphatic carbocycles. The van der Waals surface area contributed by atoms with Crippen LogP contribution in [-0.2, 0) is 9.53 Å². The zero-order chi connectivity index (χ0) is 16.2. The number of carbonyl (C=O) groups excluding carboxylic acids is 1. The Labute approximate surface area is 134 Å². The quantitative estimate of drug-likeness (QED) is 0.624. The third-order valence-corrected chi connectivity index (χ3v) is 3.10. The van der Waals surface area contributed by atoms with Crippen molar-refractivity contribution in [1.29, 1.82) is 0 Å². The van der Waals surface area contributed by atoms with Gasteiger partial charge in [0.2, 0.25) is 0 Å². The summed E-state index contributed by atoms with van der Waals surface area (Å²) in [6.07, 6.45) is 3.17. The number of nitrogens with zero attached hydrogens (tertiary/aromatic N) is 1. The lowest BCUT2D eigenvalue weighted by Crippen LogP contribution is -2.04. The lowest BCUT2D eigenvalue weighted by molar-refractivity contribution is -0.130. The van der Waals surface area contributed by atoms with Crippen molar-refractivity contribution in [3.8, 4) is 5.75 Å². The SMILES string of the molecule is CC(C)COc1cccc(/C=C2\N=C(c3ccco3)OC2=O)c1. The Morgan fingerprint density at radius 3 is 2.87 bits per heavy atom. The van der Waals surface area contributed by atoms with Crippen molar-refractivity contribution in [2.45, 2.75) is 13.8 Å². The molecule has 1 aromatic carbocycles. The monoisotopic (exact) mass is 311 g/mol. The minimum atomic E-state index is -0.495. The average molecular weight is 311 g/mol. The smallest absolute Gasteiger partial charge is 0.363 e. The van der Waals surface area contributed by atoms with Crippen molar-refractivity contribution in [2.75, 3.05) is 6.61 Å². The number of cyclic esters (lactones) is 1. The Hall–Kier alpha value is -2.82. The van der Waals surface area contributed by atoms with Gasteiger partial charge in [0.05, 0.1) is 12.9 Å². The molecule has 0 radical (unpaired) electrons. The summed E-state index contributed by atoms with van der Waals surface area (Å²) in [6, 6.07) is 10.9. The van der Waals surface area contributed by atoms with Gasteiger partial charge in [-0.25, -0.2) is 9.79 Å². The zero-order valence-corrected chi connectivity index (χ0v) is 13.0. The van der Waals surface area contributed by atoms with Crippen molar-refractivity contribution in [3.63, 3.8) is 0 Å². The highest BCUT2D eigenvalue weighted by Gasteiger charge is 2.25. The predicted molar refractivity (Wildman–Crippen MR) is 86.1 cm³/mol. The van der Waals surface area contributed by atoms with E-state index in [1.165, 1.54) is 6.26 Å². The normalized spacial score (nSPS) is 15.9. The van der Waals surface area contributed by atoms with Gasteiger partial charge in [0.25, 0.3) is 5.90 Å². The van der Waals surface area contributed by atoms with Gasteiger partial charge in [-0.05, 0) is 41.8 Å². The first-order chi connectivity index (χ1) is 11.1. The number of rotatable bonds is 5. The molecule has 118 valence electrons. The van der Waals surface area contributed by atoms with Gasteiger partial charge in [-0.15, -0.1) is 0 Å². The van der Waals surface area contributed by atoms with Crippen molar-refractivity contribution in [1.82, 2.24) is 0 Å². The summed E-state index contributed by atoms with van der Waals surface area (Å²) in [5.41, 5.74) is 1.06. The van der Waals surface area contributed by atoms with E-state index in [9.17, 15) is 4.79 Å². The number of esters is 1. The Morgan fingerprint density at radius 2 is 2.13 bits per heavy atom. The molecule has 0 fully saturated rings. The van der Waals surface area contributed by atoms with E-state index in [2.05, 4.69) is 18.8 Å². The van der Waals surface area contributed by atoms with Gasteiger partial charge in [-0.1, -0.05) is 26.0 Å². The molecule has 0 bridgehead atoms. The third-order valence-electron chi connectivity index (χ3n) is 3.10. The van der Waals surface area contributed by atoms with Crippen molar-refractivity contribution >= 4 is 17.9 Å². The maximum absolute atomic E-state index is 11.9. The minimum Gasteiger partial charge on any atom is -0.493 e. The lowest BCUT2D eigenvalue weighted by atomic mass is 10.2. The van der Waals surface area contributed by atoms with E-state index in [0.717, 1.165) is 11.3 Å². The maximum Gasteiger partial charge on any atom is 0.363 e. The molecule has 0 atom stereocenters. The highest BCUT2D eigenvalue weighted by Crippen LogP contribution is 2.21. The Morgan fingerprint density at radius 1 is 1.26 bits per heavy atom. The van der Waals surface area contributed by atoms with Crippen LogP contribution in [0.5, 0.6) is 5.75 Å².